The Balaban J connectivity index is 2.27. The van der Waals surface area contributed by atoms with Gasteiger partial charge in [0.05, 0.1) is 11.4 Å². The number of hydrogen-bond acceptors (Lipinski definition) is 2. The largest absolute Gasteiger partial charge is 0.383 e. The molecule has 2 rings (SSSR count). The molecule has 2 N–H and O–H groups in total. The van der Waals surface area contributed by atoms with E-state index in [1.54, 1.807) is 12.1 Å². The predicted octanol–water partition coefficient (Wildman–Crippen LogP) is 2.83. The smallest absolute Gasteiger partial charge is 0.125 e. The average Bonchev–Trinajstić information content (AvgIpc) is 2.38. The maximum absolute atomic E-state index is 12.9. The third-order valence-electron chi connectivity index (χ3n) is 2.64. The highest BCUT2D eigenvalue weighted by molar-refractivity contribution is 5.69. The molecule has 1 aliphatic heterocycles. The summed E-state index contributed by atoms with van der Waals surface area (Å²) >= 11 is 0. The maximum atomic E-state index is 12.9. The third-order valence-corrected chi connectivity index (χ3v) is 2.64. The summed E-state index contributed by atoms with van der Waals surface area (Å²) in [6.45, 7) is 3.06. The van der Waals surface area contributed by atoms with Crippen LogP contribution in [0.1, 0.15) is 19.8 Å². The first-order valence-corrected chi connectivity index (χ1v) is 5.09. The minimum Gasteiger partial charge on any atom is -0.383 e. The second-order valence-corrected chi connectivity index (χ2v) is 3.65. The average molecular weight is 194 g/mol. The van der Waals surface area contributed by atoms with Gasteiger partial charge in [-0.25, -0.2) is 4.39 Å². The van der Waals surface area contributed by atoms with Gasteiger partial charge in [0.1, 0.15) is 5.82 Å². The van der Waals surface area contributed by atoms with E-state index in [1.165, 1.54) is 6.07 Å². The predicted molar refractivity (Wildman–Crippen MR) is 57.2 cm³/mol. The molecule has 0 bridgehead atoms. The summed E-state index contributed by atoms with van der Waals surface area (Å²) in [6, 6.07) is 5.33. The van der Waals surface area contributed by atoms with Crippen LogP contribution < -0.4 is 10.6 Å². The van der Waals surface area contributed by atoms with Crippen LogP contribution in [0.3, 0.4) is 0 Å². The molecule has 0 aromatic heterocycles. The Kier molecular flexibility index (Phi) is 2.57. The van der Waals surface area contributed by atoms with Crippen molar-refractivity contribution in [1.82, 2.24) is 0 Å². The topological polar surface area (TPSA) is 24.1 Å². The quantitative estimate of drug-likeness (QED) is 0.718. The van der Waals surface area contributed by atoms with Crippen LogP contribution in [0, 0.1) is 5.82 Å². The summed E-state index contributed by atoms with van der Waals surface area (Å²) in [7, 11) is 0. The molecule has 0 aliphatic carbocycles. The Morgan fingerprint density at radius 1 is 1.43 bits per heavy atom. The van der Waals surface area contributed by atoms with E-state index >= 15 is 0 Å². The van der Waals surface area contributed by atoms with E-state index in [4.69, 9.17) is 0 Å². The second-order valence-electron chi connectivity index (χ2n) is 3.65. The van der Waals surface area contributed by atoms with Crippen molar-refractivity contribution in [1.29, 1.82) is 0 Å². The highest BCUT2D eigenvalue weighted by Gasteiger charge is 2.13. The molecule has 14 heavy (non-hydrogen) atoms. The lowest BCUT2D eigenvalue weighted by Crippen LogP contribution is -2.18. The maximum Gasteiger partial charge on any atom is 0.125 e. The monoisotopic (exact) mass is 194 g/mol. The van der Waals surface area contributed by atoms with Crippen molar-refractivity contribution in [2.75, 3.05) is 17.2 Å². The number of nitrogens with one attached hydrogen (secondary N) is 2. The number of hydrogen-bond donors (Lipinski definition) is 2. The van der Waals surface area contributed by atoms with Crippen molar-refractivity contribution in [3.05, 3.63) is 24.0 Å². The molecule has 0 fully saturated rings. The van der Waals surface area contributed by atoms with Crippen LogP contribution in [-0.2, 0) is 0 Å². The zero-order chi connectivity index (χ0) is 9.97. The van der Waals surface area contributed by atoms with E-state index in [-0.39, 0.29) is 5.82 Å². The Hall–Kier alpha value is -1.25. The first-order valence-electron chi connectivity index (χ1n) is 5.09. The molecule has 76 valence electrons. The van der Waals surface area contributed by atoms with Crippen LogP contribution in [0.4, 0.5) is 15.8 Å². The second kappa shape index (κ2) is 3.86. The molecule has 1 atom stereocenters. The molecule has 1 aromatic carbocycles. The number of rotatable bonds is 1. The van der Waals surface area contributed by atoms with E-state index in [1.807, 2.05) is 0 Å². The summed E-state index contributed by atoms with van der Waals surface area (Å²) in [5.41, 5.74) is 1.89. The van der Waals surface area contributed by atoms with Gasteiger partial charge in [-0.1, -0.05) is 6.92 Å². The number of benzene rings is 1. The van der Waals surface area contributed by atoms with Crippen LogP contribution in [0.2, 0.25) is 0 Å². The minimum absolute atomic E-state index is 0.187. The van der Waals surface area contributed by atoms with E-state index in [0.717, 1.165) is 30.8 Å². The molecule has 0 spiro atoms. The molecular formula is C11H15FN2. The Morgan fingerprint density at radius 2 is 2.29 bits per heavy atom. The molecule has 3 heteroatoms. The molecule has 0 radical (unpaired) electrons. The first kappa shape index (κ1) is 9.31. The zero-order valence-corrected chi connectivity index (χ0v) is 8.31. The van der Waals surface area contributed by atoms with Gasteiger partial charge in [-0.3, -0.25) is 0 Å². The molecular weight excluding hydrogens is 179 g/mol. The molecule has 1 heterocycles. The molecule has 0 amide bonds. The summed E-state index contributed by atoms with van der Waals surface area (Å²) in [5, 5.41) is 6.63. The lowest BCUT2D eigenvalue weighted by Gasteiger charge is -2.14. The van der Waals surface area contributed by atoms with Crippen LogP contribution >= 0.6 is 0 Å². The van der Waals surface area contributed by atoms with Gasteiger partial charge in [0, 0.05) is 12.6 Å². The van der Waals surface area contributed by atoms with Crippen LogP contribution in [0.25, 0.3) is 0 Å². The van der Waals surface area contributed by atoms with Crippen molar-refractivity contribution in [3.8, 4) is 0 Å². The van der Waals surface area contributed by atoms with Crippen molar-refractivity contribution >= 4 is 11.4 Å². The van der Waals surface area contributed by atoms with Gasteiger partial charge in [0.15, 0.2) is 0 Å². The number of halogens is 1. The van der Waals surface area contributed by atoms with Crippen LogP contribution in [0.5, 0.6) is 0 Å². The molecule has 1 unspecified atom stereocenters. The number of fused-ring (bicyclic) bond motifs is 1. The summed E-state index contributed by atoms with van der Waals surface area (Å²) in [6.07, 6.45) is 2.17. The fourth-order valence-electron chi connectivity index (χ4n) is 1.77. The van der Waals surface area contributed by atoms with Crippen molar-refractivity contribution < 1.29 is 4.39 Å². The first-order chi connectivity index (χ1) is 6.79. The lowest BCUT2D eigenvalue weighted by atomic mass is 10.1. The normalized spacial score (nSPS) is 20.3. The fraction of sp³-hybridized carbons (Fsp3) is 0.455. The SMILES string of the molecule is CCC1CCNc2cc(F)ccc2N1. The Labute approximate surface area is 83.5 Å². The molecule has 1 aliphatic rings. The van der Waals surface area contributed by atoms with Gasteiger partial charge in [0.2, 0.25) is 0 Å². The highest BCUT2D eigenvalue weighted by Crippen LogP contribution is 2.26. The van der Waals surface area contributed by atoms with Crippen molar-refractivity contribution in [2.24, 2.45) is 0 Å². The van der Waals surface area contributed by atoms with E-state index in [0.29, 0.717) is 6.04 Å². The standard InChI is InChI=1S/C11H15FN2/c1-2-9-5-6-13-11-7-8(12)3-4-10(11)14-9/h3-4,7,9,13-14H,2,5-6H2,1H3. The third kappa shape index (κ3) is 1.81. The molecule has 0 saturated carbocycles. The van der Waals surface area contributed by atoms with Gasteiger partial charge in [-0.2, -0.15) is 0 Å². The molecule has 0 saturated heterocycles. The van der Waals surface area contributed by atoms with Gasteiger partial charge in [0.25, 0.3) is 0 Å². The van der Waals surface area contributed by atoms with Crippen molar-refractivity contribution in [2.45, 2.75) is 25.8 Å². The minimum atomic E-state index is -0.187. The van der Waals surface area contributed by atoms with Gasteiger partial charge >= 0.3 is 0 Å². The fourth-order valence-corrected chi connectivity index (χ4v) is 1.77. The Bertz CT molecular complexity index is 325. The molecule has 2 nitrogen and oxygen atoms in total. The van der Waals surface area contributed by atoms with Crippen molar-refractivity contribution in [3.63, 3.8) is 0 Å². The lowest BCUT2D eigenvalue weighted by molar-refractivity contribution is 0.628. The van der Waals surface area contributed by atoms with E-state index < -0.39 is 0 Å². The van der Waals surface area contributed by atoms with E-state index in [9.17, 15) is 4.39 Å². The Morgan fingerprint density at radius 3 is 3.07 bits per heavy atom. The highest BCUT2D eigenvalue weighted by atomic mass is 19.1. The van der Waals surface area contributed by atoms with Crippen LogP contribution in [0.15, 0.2) is 18.2 Å². The molecule has 1 aromatic rings. The summed E-state index contributed by atoms with van der Waals surface area (Å²) < 4.78 is 12.9. The number of anilines is 2. The summed E-state index contributed by atoms with van der Waals surface area (Å²) in [5.74, 6) is -0.187. The van der Waals surface area contributed by atoms with E-state index in [2.05, 4.69) is 17.6 Å². The van der Waals surface area contributed by atoms with Crippen LogP contribution in [-0.4, -0.2) is 12.6 Å². The zero-order valence-electron chi connectivity index (χ0n) is 8.31. The van der Waals surface area contributed by atoms with Gasteiger partial charge in [-0.05, 0) is 31.0 Å². The van der Waals surface area contributed by atoms with Gasteiger partial charge < -0.3 is 10.6 Å². The summed E-state index contributed by atoms with van der Waals surface area (Å²) in [4.78, 5) is 0. The van der Waals surface area contributed by atoms with Gasteiger partial charge in [-0.15, -0.1) is 0 Å².